The van der Waals surface area contributed by atoms with Crippen molar-refractivity contribution in [2.24, 2.45) is 0 Å². The van der Waals surface area contributed by atoms with E-state index >= 15 is 0 Å². The lowest BCUT2D eigenvalue weighted by Gasteiger charge is -2.08. The Kier molecular flexibility index (Phi) is 8.18. The average molecular weight is 292 g/mol. The third-order valence-electron chi connectivity index (χ3n) is 2.44. The molecule has 0 heterocycles. The molecule has 0 spiro atoms. The number of nitrogens with one attached hydrogen (secondary N) is 1. The summed E-state index contributed by atoms with van der Waals surface area (Å²) in [7, 11) is 0. The molecule has 3 nitrogen and oxygen atoms in total. The average Bonchev–Trinajstić information content (AvgIpc) is 2.35. The van der Waals surface area contributed by atoms with Crippen molar-refractivity contribution in [3.8, 4) is 5.75 Å². The van der Waals surface area contributed by atoms with Gasteiger partial charge in [-0.1, -0.05) is 23.2 Å². The van der Waals surface area contributed by atoms with Crippen LogP contribution in [0.1, 0.15) is 19.3 Å². The third-order valence-corrected chi connectivity index (χ3v) is 2.97. The van der Waals surface area contributed by atoms with Gasteiger partial charge in [-0.05, 0) is 44.0 Å². The molecule has 18 heavy (non-hydrogen) atoms. The van der Waals surface area contributed by atoms with Gasteiger partial charge in [0.25, 0.3) is 0 Å². The lowest BCUT2D eigenvalue weighted by molar-refractivity contribution is 0.289. The maximum Gasteiger partial charge on any atom is 0.137 e. The molecule has 0 atom stereocenters. The standard InChI is InChI=1S/C13H19Cl2NO2/c14-11-4-5-13(12(15)10-11)18-9-3-1-2-6-16-7-8-17/h4-5,10,16-17H,1-3,6-9H2. The summed E-state index contributed by atoms with van der Waals surface area (Å²) in [5, 5.41) is 12.9. The van der Waals surface area contributed by atoms with Crippen LogP contribution in [0.5, 0.6) is 5.75 Å². The molecule has 1 aromatic rings. The number of ether oxygens (including phenoxy) is 1. The minimum absolute atomic E-state index is 0.193. The van der Waals surface area contributed by atoms with E-state index in [1.165, 1.54) is 0 Å². The number of halogens is 2. The zero-order valence-corrected chi connectivity index (χ0v) is 11.8. The summed E-state index contributed by atoms with van der Waals surface area (Å²) in [4.78, 5) is 0. The van der Waals surface area contributed by atoms with Crippen molar-refractivity contribution in [2.45, 2.75) is 19.3 Å². The van der Waals surface area contributed by atoms with Gasteiger partial charge in [-0.3, -0.25) is 0 Å². The molecule has 1 aromatic carbocycles. The van der Waals surface area contributed by atoms with E-state index < -0.39 is 0 Å². The van der Waals surface area contributed by atoms with Gasteiger partial charge in [-0.15, -0.1) is 0 Å². The third kappa shape index (κ3) is 6.45. The highest BCUT2D eigenvalue weighted by molar-refractivity contribution is 6.35. The summed E-state index contributed by atoms with van der Waals surface area (Å²) in [6, 6.07) is 5.23. The van der Waals surface area contributed by atoms with Crippen molar-refractivity contribution in [3.63, 3.8) is 0 Å². The molecule has 0 aromatic heterocycles. The van der Waals surface area contributed by atoms with Crippen LogP contribution >= 0.6 is 23.2 Å². The summed E-state index contributed by atoms with van der Waals surface area (Å²) >= 11 is 11.8. The van der Waals surface area contributed by atoms with Crippen molar-refractivity contribution >= 4 is 23.2 Å². The maximum absolute atomic E-state index is 8.57. The van der Waals surface area contributed by atoms with Crippen LogP contribution in [0, 0.1) is 0 Å². The highest BCUT2D eigenvalue weighted by Crippen LogP contribution is 2.27. The normalized spacial score (nSPS) is 10.6. The van der Waals surface area contributed by atoms with Gasteiger partial charge in [-0.2, -0.15) is 0 Å². The minimum atomic E-state index is 0.193. The maximum atomic E-state index is 8.57. The molecule has 0 fully saturated rings. The summed E-state index contributed by atoms with van der Waals surface area (Å²) in [6.45, 7) is 2.44. The van der Waals surface area contributed by atoms with Gasteiger partial charge in [-0.25, -0.2) is 0 Å². The first kappa shape index (κ1) is 15.6. The van der Waals surface area contributed by atoms with Crippen molar-refractivity contribution in [3.05, 3.63) is 28.2 Å². The van der Waals surface area contributed by atoms with Crippen LogP contribution in [0.25, 0.3) is 0 Å². The molecule has 0 amide bonds. The Balaban J connectivity index is 2.07. The second-order valence-electron chi connectivity index (χ2n) is 3.96. The van der Waals surface area contributed by atoms with E-state index in [-0.39, 0.29) is 6.61 Å². The van der Waals surface area contributed by atoms with E-state index in [1.807, 2.05) is 0 Å². The van der Waals surface area contributed by atoms with Crippen molar-refractivity contribution in [1.29, 1.82) is 0 Å². The first-order chi connectivity index (χ1) is 8.74. The molecule has 0 aliphatic rings. The molecule has 2 N–H and O–H groups in total. The highest BCUT2D eigenvalue weighted by Gasteiger charge is 2.01. The molecule has 102 valence electrons. The summed E-state index contributed by atoms with van der Waals surface area (Å²) in [5.41, 5.74) is 0. The monoisotopic (exact) mass is 291 g/mol. The number of unbranched alkanes of at least 4 members (excludes halogenated alkanes) is 2. The topological polar surface area (TPSA) is 41.5 Å². The molecular formula is C13H19Cl2NO2. The van der Waals surface area contributed by atoms with Crippen molar-refractivity contribution < 1.29 is 9.84 Å². The number of benzene rings is 1. The Morgan fingerprint density at radius 1 is 1.11 bits per heavy atom. The number of hydrogen-bond donors (Lipinski definition) is 2. The summed E-state index contributed by atoms with van der Waals surface area (Å²) in [5.74, 6) is 0.680. The summed E-state index contributed by atoms with van der Waals surface area (Å²) < 4.78 is 5.57. The van der Waals surface area contributed by atoms with E-state index in [2.05, 4.69) is 5.32 Å². The van der Waals surface area contributed by atoms with Crippen LogP contribution in [-0.2, 0) is 0 Å². The van der Waals surface area contributed by atoms with E-state index in [9.17, 15) is 0 Å². The van der Waals surface area contributed by atoms with Gasteiger partial charge in [0.15, 0.2) is 0 Å². The lowest BCUT2D eigenvalue weighted by atomic mass is 10.2. The summed E-state index contributed by atoms with van der Waals surface area (Å²) in [6.07, 6.45) is 3.15. The quantitative estimate of drug-likeness (QED) is 0.687. The molecule has 0 bridgehead atoms. The predicted octanol–water partition coefficient (Wildman–Crippen LogP) is 3.12. The van der Waals surface area contributed by atoms with Crippen LogP contribution in [0.3, 0.4) is 0 Å². The molecule has 0 saturated heterocycles. The number of aliphatic hydroxyl groups is 1. The fraction of sp³-hybridized carbons (Fsp3) is 0.538. The largest absolute Gasteiger partial charge is 0.492 e. The van der Waals surface area contributed by atoms with E-state index in [0.717, 1.165) is 25.8 Å². The molecule has 0 aliphatic carbocycles. The number of rotatable bonds is 9. The SMILES string of the molecule is OCCNCCCCCOc1ccc(Cl)cc1Cl. The fourth-order valence-electron chi connectivity index (χ4n) is 1.51. The first-order valence-corrected chi connectivity index (χ1v) is 6.89. The Morgan fingerprint density at radius 3 is 2.67 bits per heavy atom. The molecule has 5 heteroatoms. The van der Waals surface area contributed by atoms with Gasteiger partial charge < -0.3 is 15.2 Å². The molecule has 0 saturated carbocycles. The second-order valence-corrected chi connectivity index (χ2v) is 4.80. The predicted molar refractivity (Wildman–Crippen MR) is 75.8 cm³/mol. The van der Waals surface area contributed by atoms with Crippen LogP contribution in [0.2, 0.25) is 10.0 Å². The zero-order valence-electron chi connectivity index (χ0n) is 10.3. The van der Waals surface area contributed by atoms with Crippen molar-refractivity contribution in [2.75, 3.05) is 26.3 Å². The minimum Gasteiger partial charge on any atom is -0.492 e. The van der Waals surface area contributed by atoms with Crippen molar-refractivity contribution in [1.82, 2.24) is 5.32 Å². The van der Waals surface area contributed by atoms with Gasteiger partial charge >= 0.3 is 0 Å². The number of aliphatic hydroxyl groups excluding tert-OH is 1. The van der Waals surface area contributed by atoms with Gasteiger partial charge in [0, 0.05) is 11.6 Å². The molecule has 0 aliphatic heterocycles. The Labute approximate surface area is 118 Å². The number of hydrogen-bond acceptors (Lipinski definition) is 3. The first-order valence-electron chi connectivity index (χ1n) is 6.13. The second kappa shape index (κ2) is 9.45. The van der Waals surface area contributed by atoms with Gasteiger partial charge in [0.1, 0.15) is 5.75 Å². The van der Waals surface area contributed by atoms with Gasteiger partial charge in [0.2, 0.25) is 0 Å². The Morgan fingerprint density at radius 2 is 1.94 bits per heavy atom. The van der Waals surface area contributed by atoms with E-state index in [1.54, 1.807) is 18.2 Å². The Hall–Kier alpha value is -0.480. The molecule has 1 rings (SSSR count). The zero-order chi connectivity index (χ0) is 13.2. The van der Waals surface area contributed by atoms with Crippen LogP contribution < -0.4 is 10.1 Å². The molecule has 0 radical (unpaired) electrons. The highest BCUT2D eigenvalue weighted by atomic mass is 35.5. The molecular weight excluding hydrogens is 273 g/mol. The van der Waals surface area contributed by atoms with Crippen LogP contribution in [0.15, 0.2) is 18.2 Å². The van der Waals surface area contributed by atoms with E-state index in [4.69, 9.17) is 33.0 Å². The lowest BCUT2D eigenvalue weighted by Crippen LogP contribution is -2.19. The smallest absolute Gasteiger partial charge is 0.137 e. The van der Waals surface area contributed by atoms with Crippen LogP contribution in [0.4, 0.5) is 0 Å². The van der Waals surface area contributed by atoms with Crippen LogP contribution in [-0.4, -0.2) is 31.4 Å². The van der Waals surface area contributed by atoms with Gasteiger partial charge in [0.05, 0.1) is 18.2 Å². The Bertz CT molecular complexity index is 348. The molecule has 0 unspecified atom stereocenters. The van der Waals surface area contributed by atoms with E-state index in [0.29, 0.717) is 28.9 Å². The fourth-order valence-corrected chi connectivity index (χ4v) is 1.97.